The van der Waals surface area contributed by atoms with Crippen molar-refractivity contribution in [2.45, 2.75) is 32.1 Å². The molecule has 11 nitrogen and oxygen atoms in total. The van der Waals surface area contributed by atoms with Gasteiger partial charge in [-0.1, -0.05) is 17.2 Å². The first-order chi connectivity index (χ1) is 23.7. The zero-order valence-electron chi connectivity index (χ0n) is 25.9. The molecular weight excluding hydrogens is 639 g/mol. The number of aromatic nitrogens is 7. The molecule has 0 radical (unpaired) electrons. The minimum Gasteiger partial charge on any atom is -0.478 e. The van der Waals surface area contributed by atoms with Gasteiger partial charge in [-0.2, -0.15) is 0 Å². The Bertz CT molecular complexity index is 2290. The lowest BCUT2D eigenvalue weighted by Gasteiger charge is -2.27. The number of rotatable bonds is 9. The van der Waals surface area contributed by atoms with E-state index in [2.05, 4.69) is 37.1 Å². The molecular formula is C35H26F3N7O4. The van der Waals surface area contributed by atoms with Gasteiger partial charge in [-0.25, -0.2) is 32.6 Å². The highest BCUT2D eigenvalue weighted by Gasteiger charge is 2.24. The van der Waals surface area contributed by atoms with E-state index >= 15 is 8.78 Å². The lowest BCUT2D eigenvalue weighted by atomic mass is 10.0. The Balaban J connectivity index is 1.09. The average molecular weight is 666 g/mol. The van der Waals surface area contributed by atoms with Gasteiger partial charge in [-0.15, -0.1) is 5.10 Å². The van der Waals surface area contributed by atoms with Crippen LogP contribution in [0, 0.1) is 29.3 Å². The molecule has 49 heavy (non-hydrogen) atoms. The Kier molecular flexibility index (Phi) is 8.50. The SMILES string of the molecule is Cn1nncc1C#Cc1cnc(COc2cccc(-c3cc(F)c(Cc4nc5ccc(C(=O)O)cc5n4CC4CCO4)cc3F)n2)c(F)c1. The number of carboxylic acid groups (broad SMARTS) is 1. The van der Waals surface area contributed by atoms with Crippen LogP contribution in [0.4, 0.5) is 13.2 Å². The second kappa shape index (κ2) is 13.2. The van der Waals surface area contributed by atoms with Crippen molar-refractivity contribution in [3.63, 3.8) is 0 Å². The monoisotopic (exact) mass is 665 g/mol. The number of benzene rings is 2. The van der Waals surface area contributed by atoms with Crippen LogP contribution in [0.2, 0.25) is 0 Å². The van der Waals surface area contributed by atoms with Gasteiger partial charge in [0.05, 0.1) is 41.1 Å². The molecule has 0 amide bonds. The molecule has 1 fully saturated rings. The Morgan fingerprint density at radius 1 is 1.04 bits per heavy atom. The minimum atomic E-state index is -1.08. The Labute approximate surface area is 277 Å². The maximum Gasteiger partial charge on any atom is 0.335 e. The lowest BCUT2D eigenvalue weighted by Crippen LogP contribution is -2.31. The van der Waals surface area contributed by atoms with Crippen molar-refractivity contribution in [3.05, 3.63) is 118 Å². The van der Waals surface area contributed by atoms with Crippen molar-refractivity contribution in [3.8, 4) is 29.0 Å². The van der Waals surface area contributed by atoms with E-state index in [0.717, 1.165) is 18.6 Å². The molecule has 1 N–H and O–H groups in total. The molecule has 2 aromatic carbocycles. The third-order valence-electron chi connectivity index (χ3n) is 8.06. The average Bonchev–Trinajstić information content (AvgIpc) is 3.64. The first-order valence-electron chi connectivity index (χ1n) is 15.1. The van der Waals surface area contributed by atoms with Gasteiger partial charge in [0.15, 0.2) is 0 Å². The first-order valence-corrected chi connectivity index (χ1v) is 15.1. The van der Waals surface area contributed by atoms with Gasteiger partial charge < -0.3 is 19.1 Å². The van der Waals surface area contributed by atoms with Crippen LogP contribution < -0.4 is 4.74 Å². The summed E-state index contributed by atoms with van der Waals surface area (Å²) in [5.74, 6) is 3.04. The molecule has 0 spiro atoms. The van der Waals surface area contributed by atoms with E-state index in [1.54, 1.807) is 23.7 Å². The van der Waals surface area contributed by atoms with Crippen LogP contribution in [0.1, 0.15) is 45.1 Å². The van der Waals surface area contributed by atoms with Crippen molar-refractivity contribution in [2.24, 2.45) is 7.05 Å². The molecule has 1 atom stereocenters. The van der Waals surface area contributed by atoms with Crippen LogP contribution in [0.25, 0.3) is 22.3 Å². The summed E-state index contributed by atoms with van der Waals surface area (Å²) in [6, 6.07) is 12.5. The largest absolute Gasteiger partial charge is 0.478 e. The van der Waals surface area contributed by atoms with Gasteiger partial charge in [-0.3, -0.25) is 4.98 Å². The van der Waals surface area contributed by atoms with E-state index in [4.69, 9.17) is 9.47 Å². The number of fused-ring (bicyclic) bond motifs is 1. The number of hydrogen-bond donors (Lipinski definition) is 1. The maximum atomic E-state index is 15.6. The van der Waals surface area contributed by atoms with Crippen LogP contribution in [-0.4, -0.2) is 58.3 Å². The fourth-order valence-electron chi connectivity index (χ4n) is 5.33. The standard InChI is InChI=1S/C35H26F3N7O4/c1-44-23(17-40-43-44)7-5-20-11-28(38)31(39-16-20)19-49-34-4-2-3-29(42-34)25-15-26(36)22(12-27(25)37)14-33-41-30-8-6-21(35(46)47)13-32(30)45(33)18-24-9-10-48-24/h2-4,6,8,11-13,15-17,24H,9-10,14,18-19H2,1H3,(H,46,47). The number of carbonyl (C=O) groups is 1. The number of pyridine rings is 2. The first kappa shape index (κ1) is 31.5. The van der Waals surface area contributed by atoms with E-state index < -0.39 is 23.4 Å². The van der Waals surface area contributed by atoms with E-state index in [-0.39, 0.29) is 53.1 Å². The van der Waals surface area contributed by atoms with Gasteiger partial charge in [0.2, 0.25) is 5.88 Å². The number of ether oxygens (including phenoxy) is 2. The number of hydrogen-bond acceptors (Lipinski definition) is 8. The van der Waals surface area contributed by atoms with Gasteiger partial charge in [0, 0.05) is 43.5 Å². The Morgan fingerprint density at radius 3 is 2.63 bits per heavy atom. The third kappa shape index (κ3) is 6.69. The fourth-order valence-corrected chi connectivity index (χ4v) is 5.33. The van der Waals surface area contributed by atoms with Crippen LogP contribution in [0.5, 0.6) is 5.88 Å². The number of carboxylic acids is 1. The highest BCUT2D eigenvalue weighted by Crippen LogP contribution is 2.29. The highest BCUT2D eigenvalue weighted by molar-refractivity contribution is 5.92. The van der Waals surface area contributed by atoms with E-state index in [1.807, 2.05) is 0 Å². The predicted octanol–water partition coefficient (Wildman–Crippen LogP) is 5.10. The molecule has 0 saturated carbocycles. The van der Waals surface area contributed by atoms with Crippen LogP contribution in [0.3, 0.4) is 0 Å². The number of halogens is 3. The summed E-state index contributed by atoms with van der Waals surface area (Å²) in [5, 5.41) is 17.0. The van der Waals surface area contributed by atoms with Crippen molar-refractivity contribution >= 4 is 17.0 Å². The molecule has 1 unspecified atom stereocenters. The summed E-state index contributed by atoms with van der Waals surface area (Å²) < 4.78 is 60.4. The molecule has 14 heteroatoms. The molecule has 1 saturated heterocycles. The smallest absolute Gasteiger partial charge is 0.335 e. The molecule has 246 valence electrons. The zero-order valence-corrected chi connectivity index (χ0v) is 25.9. The van der Waals surface area contributed by atoms with E-state index in [1.165, 1.54) is 47.4 Å². The molecule has 1 aliphatic rings. The summed E-state index contributed by atoms with van der Waals surface area (Å²) in [6.07, 6.45) is 3.58. The summed E-state index contributed by atoms with van der Waals surface area (Å²) in [7, 11) is 1.69. The van der Waals surface area contributed by atoms with Gasteiger partial charge in [0.1, 0.15) is 41.3 Å². The van der Waals surface area contributed by atoms with E-state index in [9.17, 15) is 14.3 Å². The number of aromatic carboxylic acids is 1. The van der Waals surface area contributed by atoms with Crippen LogP contribution in [0.15, 0.2) is 67.0 Å². The molecule has 0 aliphatic carbocycles. The summed E-state index contributed by atoms with van der Waals surface area (Å²) in [6.45, 7) is 0.755. The maximum absolute atomic E-state index is 15.6. The van der Waals surface area contributed by atoms with E-state index in [0.29, 0.717) is 41.3 Å². The molecule has 6 aromatic rings. The predicted molar refractivity (Wildman–Crippen MR) is 169 cm³/mol. The summed E-state index contributed by atoms with van der Waals surface area (Å²) in [5.41, 5.74) is 2.19. The van der Waals surface area contributed by atoms with Crippen molar-refractivity contribution < 1.29 is 32.5 Å². The molecule has 4 aromatic heterocycles. The highest BCUT2D eigenvalue weighted by atomic mass is 19.1. The van der Waals surface area contributed by atoms with Gasteiger partial charge in [-0.05, 0) is 60.4 Å². The molecule has 5 heterocycles. The zero-order chi connectivity index (χ0) is 34.1. The second-order valence-electron chi connectivity index (χ2n) is 11.3. The van der Waals surface area contributed by atoms with Crippen LogP contribution >= 0.6 is 0 Å². The van der Waals surface area contributed by atoms with Crippen molar-refractivity contribution in [1.29, 1.82) is 0 Å². The Morgan fingerprint density at radius 2 is 1.90 bits per heavy atom. The van der Waals surface area contributed by atoms with Gasteiger partial charge >= 0.3 is 5.97 Å². The van der Waals surface area contributed by atoms with Gasteiger partial charge in [0.25, 0.3) is 0 Å². The summed E-state index contributed by atoms with van der Waals surface area (Å²) >= 11 is 0. The Hall–Kier alpha value is -6.07. The molecule has 7 rings (SSSR count). The van der Waals surface area contributed by atoms with Crippen LogP contribution in [-0.2, 0) is 31.4 Å². The molecule has 0 bridgehead atoms. The lowest BCUT2D eigenvalue weighted by molar-refractivity contribution is -0.0589. The second-order valence-corrected chi connectivity index (χ2v) is 11.3. The number of imidazole rings is 1. The quantitative estimate of drug-likeness (QED) is 0.210. The molecule has 1 aliphatic heterocycles. The third-order valence-corrected chi connectivity index (χ3v) is 8.06. The van der Waals surface area contributed by atoms with Crippen molar-refractivity contribution in [1.82, 2.24) is 34.5 Å². The number of nitrogens with zero attached hydrogens (tertiary/aromatic N) is 7. The normalized spacial score (nSPS) is 13.9. The fraction of sp³-hybridized carbons (Fsp3) is 0.200. The number of aryl methyl sites for hydroxylation is 1. The topological polar surface area (TPSA) is 130 Å². The van der Waals surface area contributed by atoms with Crippen molar-refractivity contribution in [2.75, 3.05) is 6.61 Å². The minimum absolute atomic E-state index is 0.00982. The summed E-state index contributed by atoms with van der Waals surface area (Å²) in [4.78, 5) is 24.6.